The van der Waals surface area contributed by atoms with Crippen LogP contribution in [0.5, 0.6) is 0 Å². The second-order valence-corrected chi connectivity index (χ2v) is 4.27. The summed E-state index contributed by atoms with van der Waals surface area (Å²) < 4.78 is 0. The molecule has 3 heteroatoms. The maximum Gasteiger partial charge on any atom is 0.226 e. The molecule has 1 atom stereocenters. The van der Waals surface area contributed by atoms with Crippen LogP contribution in [0.2, 0.25) is 0 Å². The highest BCUT2D eigenvalue weighted by Crippen LogP contribution is 2.10. The van der Waals surface area contributed by atoms with Crippen LogP contribution in [-0.4, -0.2) is 28.6 Å². The van der Waals surface area contributed by atoms with Gasteiger partial charge >= 0.3 is 0 Å². The molecule has 1 aliphatic rings. The van der Waals surface area contributed by atoms with Gasteiger partial charge in [0.2, 0.25) is 5.91 Å². The Hall–Kier alpha value is -1.61. The number of carbonyl (C=O) groups is 1. The Labute approximate surface area is 101 Å². The van der Waals surface area contributed by atoms with Gasteiger partial charge in [-0.1, -0.05) is 30.3 Å². The number of aliphatic hydroxyl groups is 1. The molecule has 0 aromatic heterocycles. The first-order chi connectivity index (χ1) is 8.25. The van der Waals surface area contributed by atoms with Gasteiger partial charge in [-0.15, -0.1) is 0 Å². The van der Waals surface area contributed by atoms with E-state index in [4.69, 9.17) is 0 Å². The zero-order chi connectivity index (χ0) is 12.1. The lowest BCUT2D eigenvalue weighted by Crippen LogP contribution is -2.32. The second kappa shape index (κ2) is 5.64. The van der Waals surface area contributed by atoms with Gasteiger partial charge in [0.05, 0.1) is 6.10 Å². The van der Waals surface area contributed by atoms with Gasteiger partial charge in [0.25, 0.3) is 0 Å². The zero-order valence-electron chi connectivity index (χ0n) is 9.75. The summed E-state index contributed by atoms with van der Waals surface area (Å²) in [5.41, 5.74) is 1.18. The topological polar surface area (TPSA) is 40.5 Å². The molecule has 1 aromatic rings. The van der Waals surface area contributed by atoms with Gasteiger partial charge in [0.15, 0.2) is 0 Å². The summed E-state index contributed by atoms with van der Waals surface area (Å²) in [6.45, 7) is 0.616. The number of rotatable bonds is 3. The summed E-state index contributed by atoms with van der Waals surface area (Å²) in [7, 11) is 0. The number of carbonyl (C=O) groups excluding carboxylic acids is 1. The molecule has 90 valence electrons. The molecular formula is C14H17NO2. The van der Waals surface area contributed by atoms with Crippen molar-refractivity contribution in [2.45, 2.75) is 25.4 Å². The molecule has 0 spiro atoms. The first kappa shape index (κ1) is 11.9. The van der Waals surface area contributed by atoms with Crippen molar-refractivity contribution in [2.75, 3.05) is 6.54 Å². The lowest BCUT2D eigenvalue weighted by Gasteiger charge is -2.23. The molecule has 0 fully saturated rings. The highest BCUT2D eigenvalue weighted by atomic mass is 16.3. The van der Waals surface area contributed by atoms with Gasteiger partial charge < -0.3 is 10.0 Å². The van der Waals surface area contributed by atoms with Crippen molar-refractivity contribution >= 4 is 5.91 Å². The lowest BCUT2D eigenvalue weighted by molar-refractivity contribution is -0.129. The van der Waals surface area contributed by atoms with E-state index < -0.39 is 6.10 Å². The third-order valence-electron chi connectivity index (χ3n) is 2.94. The number of aliphatic hydroxyl groups excluding tert-OH is 1. The van der Waals surface area contributed by atoms with E-state index in [1.807, 2.05) is 30.3 Å². The van der Waals surface area contributed by atoms with Crippen molar-refractivity contribution < 1.29 is 9.90 Å². The van der Waals surface area contributed by atoms with Crippen LogP contribution in [0.1, 0.15) is 18.4 Å². The summed E-state index contributed by atoms with van der Waals surface area (Å²) >= 11 is 0. The van der Waals surface area contributed by atoms with Crippen LogP contribution in [-0.2, 0) is 11.2 Å². The molecule has 0 aliphatic carbocycles. The summed E-state index contributed by atoms with van der Waals surface area (Å²) in [4.78, 5) is 13.6. The zero-order valence-corrected chi connectivity index (χ0v) is 9.75. The van der Waals surface area contributed by atoms with Crippen LogP contribution in [0, 0.1) is 0 Å². The smallest absolute Gasteiger partial charge is 0.226 e. The van der Waals surface area contributed by atoms with Crippen LogP contribution in [0.4, 0.5) is 0 Å². The number of nitrogens with zero attached hydrogens (tertiary/aromatic N) is 1. The van der Waals surface area contributed by atoms with Crippen LogP contribution < -0.4 is 0 Å². The van der Waals surface area contributed by atoms with E-state index >= 15 is 0 Å². The molecule has 1 N–H and O–H groups in total. The maximum absolute atomic E-state index is 11.9. The third-order valence-corrected chi connectivity index (χ3v) is 2.94. The summed E-state index contributed by atoms with van der Waals surface area (Å²) in [6.07, 6.45) is 4.89. The van der Waals surface area contributed by atoms with Gasteiger partial charge in [-0.2, -0.15) is 0 Å². The first-order valence-corrected chi connectivity index (χ1v) is 5.95. The predicted molar refractivity (Wildman–Crippen MR) is 66.2 cm³/mol. The van der Waals surface area contributed by atoms with Crippen molar-refractivity contribution in [3.05, 3.63) is 48.2 Å². The van der Waals surface area contributed by atoms with Gasteiger partial charge in [-0.3, -0.25) is 4.79 Å². The molecule has 0 saturated heterocycles. The average molecular weight is 231 g/mol. The number of benzene rings is 1. The Kier molecular flexibility index (Phi) is 3.94. The van der Waals surface area contributed by atoms with Crippen LogP contribution in [0.3, 0.4) is 0 Å². The Morgan fingerprint density at radius 2 is 2.12 bits per heavy atom. The van der Waals surface area contributed by atoms with E-state index in [9.17, 15) is 9.90 Å². The van der Waals surface area contributed by atoms with E-state index in [2.05, 4.69) is 0 Å². The van der Waals surface area contributed by atoms with Gasteiger partial charge in [-0.25, -0.2) is 0 Å². The molecule has 1 aromatic carbocycles. The second-order valence-electron chi connectivity index (χ2n) is 4.27. The highest BCUT2D eigenvalue weighted by molar-refractivity contribution is 5.77. The normalized spacial score (nSPS) is 19.4. The minimum Gasteiger partial charge on any atom is -0.389 e. The monoisotopic (exact) mass is 231 g/mol. The standard InChI is InChI=1S/C14H17NO2/c16-13-8-10-15(11-9-13)14(17)7-6-12-4-2-1-3-5-12/h1-5,8,10,13,16H,6-7,9,11H2/t13-/m0/s1. The molecule has 17 heavy (non-hydrogen) atoms. The van der Waals surface area contributed by atoms with Gasteiger partial charge in [0.1, 0.15) is 0 Å². The number of aryl methyl sites for hydroxylation is 1. The molecular weight excluding hydrogens is 214 g/mol. The lowest BCUT2D eigenvalue weighted by atomic mass is 10.1. The minimum atomic E-state index is -0.395. The first-order valence-electron chi connectivity index (χ1n) is 5.95. The van der Waals surface area contributed by atoms with E-state index in [1.54, 1.807) is 17.2 Å². The Morgan fingerprint density at radius 1 is 1.35 bits per heavy atom. The fourth-order valence-corrected chi connectivity index (χ4v) is 1.89. The van der Waals surface area contributed by atoms with Crippen LogP contribution in [0.15, 0.2) is 42.6 Å². The Morgan fingerprint density at radius 3 is 2.76 bits per heavy atom. The van der Waals surface area contributed by atoms with Crippen LogP contribution >= 0.6 is 0 Å². The number of hydrogen-bond acceptors (Lipinski definition) is 2. The minimum absolute atomic E-state index is 0.122. The fraction of sp³-hybridized carbons (Fsp3) is 0.357. The number of hydrogen-bond donors (Lipinski definition) is 1. The molecule has 2 rings (SSSR count). The summed E-state index contributed by atoms with van der Waals surface area (Å²) in [5, 5.41) is 9.29. The fourth-order valence-electron chi connectivity index (χ4n) is 1.89. The van der Waals surface area contributed by atoms with Crippen molar-refractivity contribution in [1.82, 2.24) is 4.90 Å². The molecule has 0 bridgehead atoms. The summed E-state index contributed by atoms with van der Waals surface area (Å²) in [5.74, 6) is 0.122. The van der Waals surface area contributed by atoms with Crippen molar-refractivity contribution in [3.63, 3.8) is 0 Å². The Bertz CT molecular complexity index is 400. The van der Waals surface area contributed by atoms with Crippen LogP contribution in [0.25, 0.3) is 0 Å². The third kappa shape index (κ3) is 3.43. The van der Waals surface area contributed by atoms with Crippen molar-refractivity contribution in [1.29, 1.82) is 0 Å². The molecule has 0 radical (unpaired) electrons. The van der Waals surface area contributed by atoms with E-state index in [0.29, 0.717) is 19.4 Å². The molecule has 1 amide bonds. The van der Waals surface area contributed by atoms with Gasteiger partial charge in [-0.05, 0) is 24.5 Å². The predicted octanol–water partition coefficient (Wildman–Crippen LogP) is 1.73. The van der Waals surface area contributed by atoms with Gasteiger partial charge in [0, 0.05) is 19.2 Å². The SMILES string of the molecule is O=C(CCc1ccccc1)N1C=C[C@H](O)CC1. The van der Waals surface area contributed by atoms with E-state index in [0.717, 1.165) is 6.42 Å². The van der Waals surface area contributed by atoms with Crippen molar-refractivity contribution in [2.24, 2.45) is 0 Å². The average Bonchev–Trinajstić information content (AvgIpc) is 2.38. The highest BCUT2D eigenvalue weighted by Gasteiger charge is 2.16. The van der Waals surface area contributed by atoms with E-state index in [1.165, 1.54) is 5.56 Å². The van der Waals surface area contributed by atoms with Crippen molar-refractivity contribution in [3.8, 4) is 0 Å². The summed E-state index contributed by atoms with van der Waals surface area (Å²) in [6, 6.07) is 10.0. The molecule has 1 heterocycles. The Balaban J connectivity index is 1.84. The molecule has 1 aliphatic heterocycles. The molecule has 3 nitrogen and oxygen atoms in total. The molecule has 0 saturated carbocycles. The number of amides is 1. The quantitative estimate of drug-likeness (QED) is 0.860. The van der Waals surface area contributed by atoms with E-state index in [-0.39, 0.29) is 5.91 Å². The largest absolute Gasteiger partial charge is 0.389 e. The maximum atomic E-state index is 11.9. The molecule has 0 unspecified atom stereocenters.